The third-order valence-corrected chi connectivity index (χ3v) is 11.6. The van der Waals surface area contributed by atoms with Gasteiger partial charge in [-0.25, -0.2) is 0 Å². The average molecular weight is 487 g/mol. The smallest absolute Gasteiger partial charge is 0.302 e. The third kappa shape index (κ3) is 3.61. The van der Waals surface area contributed by atoms with E-state index in [1.165, 1.54) is 25.3 Å². The molecule has 0 aromatic heterocycles. The van der Waals surface area contributed by atoms with Crippen LogP contribution in [-0.4, -0.2) is 40.8 Å². The molecule has 1 N–H and O–H groups in total. The molecule has 1 saturated heterocycles. The molecule has 1 aliphatic heterocycles. The first kappa shape index (κ1) is 25.4. The highest BCUT2D eigenvalue weighted by atomic mass is 16.6. The number of ketones is 1. The van der Waals surface area contributed by atoms with Crippen LogP contribution < -0.4 is 0 Å². The van der Waals surface area contributed by atoms with E-state index < -0.39 is 17.1 Å². The number of aliphatic hydroxyl groups is 1. The minimum atomic E-state index is -0.694. The van der Waals surface area contributed by atoms with Crippen molar-refractivity contribution in [1.82, 2.24) is 0 Å². The maximum absolute atomic E-state index is 13.6. The van der Waals surface area contributed by atoms with Crippen molar-refractivity contribution in [2.24, 2.45) is 46.3 Å². The van der Waals surface area contributed by atoms with Gasteiger partial charge in [0.05, 0.1) is 17.6 Å². The number of fused-ring (bicyclic) bond motifs is 4. The molecule has 5 aliphatic rings. The van der Waals surface area contributed by atoms with Gasteiger partial charge in [-0.2, -0.15) is 0 Å². The molecular weight excluding hydrogens is 440 g/mol. The Morgan fingerprint density at radius 2 is 1.94 bits per heavy atom. The molecule has 0 aromatic carbocycles. The van der Waals surface area contributed by atoms with Crippen LogP contribution in [0.5, 0.6) is 0 Å². The quantitative estimate of drug-likeness (QED) is 0.305. The van der Waals surface area contributed by atoms with Gasteiger partial charge in [0.2, 0.25) is 0 Å². The fraction of sp³-hybridized carbons (Fsp3) is 0.867. The summed E-state index contributed by atoms with van der Waals surface area (Å²) in [6.07, 6.45) is 6.20. The number of hydrogen-bond donors (Lipinski definition) is 1. The van der Waals surface area contributed by atoms with Crippen molar-refractivity contribution in [3.8, 4) is 0 Å². The monoisotopic (exact) mass is 486 g/mol. The van der Waals surface area contributed by atoms with Gasteiger partial charge in [-0.3, -0.25) is 9.59 Å². The Kier molecular flexibility index (Phi) is 6.12. The summed E-state index contributed by atoms with van der Waals surface area (Å²) in [5.41, 5.74) is 0.151. The van der Waals surface area contributed by atoms with E-state index in [1.54, 1.807) is 0 Å². The normalized spacial score (nSPS) is 48.9. The lowest BCUT2D eigenvalue weighted by Crippen LogP contribution is -2.66. The molecule has 5 rings (SSSR count). The second-order valence-corrected chi connectivity index (χ2v) is 13.6. The Hall–Kier alpha value is -1.20. The zero-order valence-electron chi connectivity index (χ0n) is 22.6. The number of ether oxygens (including phenoxy) is 2. The minimum Gasteiger partial charge on any atom is -0.462 e. The Labute approximate surface area is 211 Å². The molecule has 196 valence electrons. The van der Waals surface area contributed by atoms with Gasteiger partial charge in [-0.05, 0) is 80.5 Å². The maximum Gasteiger partial charge on any atom is 0.302 e. The van der Waals surface area contributed by atoms with Gasteiger partial charge in [-0.1, -0.05) is 39.8 Å². The van der Waals surface area contributed by atoms with Gasteiger partial charge in [0.25, 0.3) is 0 Å². The zero-order valence-corrected chi connectivity index (χ0v) is 22.6. The summed E-state index contributed by atoms with van der Waals surface area (Å²) in [6.45, 7) is 17.2. The zero-order chi connectivity index (χ0) is 25.5. The Bertz CT molecular complexity index is 910. The molecule has 0 aromatic rings. The topological polar surface area (TPSA) is 76.1 Å². The van der Waals surface area contributed by atoms with E-state index in [0.29, 0.717) is 36.0 Å². The molecule has 5 nitrogen and oxygen atoms in total. The van der Waals surface area contributed by atoms with Crippen molar-refractivity contribution in [2.75, 3.05) is 0 Å². The molecule has 5 heteroatoms. The van der Waals surface area contributed by atoms with E-state index >= 15 is 0 Å². The largest absolute Gasteiger partial charge is 0.462 e. The van der Waals surface area contributed by atoms with E-state index in [2.05, 4.69) is 41.2 Å². The SMILES string of the molecule is C=C(CCC(C)[C@H]1CCC2[C@@H]3C[C@H]4O[C@]45C[C@@H](O)CC(=O)[C@]5(C)C3C(OC(C)=O)C[C@@]21C)C(C)C. The third-order valence-electron chi connectivity index (χ3n) is 11.6. The van der Waals surface area contributed by atoms with Crippen molar-refractivity contribution in [3.63, 3.8) is 0 Å². The highest BCUT2D eigenvalue weighted by molar-refractivity contribution is 5.89. The second-order valence-electron chi connectivity index (χ2n) is 13.6. The van der Waals surface area contributed by atoms with Crippen molar-refractivity contribution < 1.29 is 24.2 Å². The number of Topliss-reactive ketones (excluding diaryl/α,β-unsaturated/α-hetero) is 1. The first-order chi connectivity index (χ1) is 16.3. The number of carbonyl (C=O) groups is 2. The number of aliphatic hydroxyl groups excluding tert-OH is 1. The highest BCUT2D eigenvalue weighted by Gasteiger charge is 2.80. The van der Waals surface area contributed by atoms with Gasteiger partial charge < -0.3 is 14.6 Å². The number of esters is 1. The Balaban J connectivity index is 1.46. The molecule has 0 bridgehead atoms. The fourth-order valence-electron chi connectivity index (χ4n) is 9.77. The van der Waals surface area contributed by atoms with Crippen LogP contribution in [0.4, 0.5) is 0 Å². The molecule has 0 radical (unpaired) electrons. The minimum absolute atomic E-state index is 0.0296. The number of epoxide rings is 1. The van der Waals surface area contributed by atoms with Gasteiger partial charge in [-0.15, -0.1) is 0 Å². The summed E-state index contributed by atoms with van der Waals surface area (Å²) in [5.74, 6) is 2.32. The lowest BCUT2D eigenvalue weighted by Gasteiger charge is -2.60. The van der Waals surface area contributed by atoms with E-state index in [0.717, 1.165) is 25.7 Å². The first-order valence-corrected chi connectivity index (χ1v) is 14.1. The molecule has 35 heavy (non-hydrogen) atoms. The lowest BCUT2D eigenvalue weighted by atomic mass is 9.43. The van der Waals surface area contributed by atoms with Crippen molar-refractivity contribution in [3.05, 3.63) is 12.2 Å². The van der Waals surface area contributed by atoms with E-state index in [1.807, 2.05) is 0 Å². The van der Waals surface area contributed by atoms with Crippen LogP contribution in [0, 0.1) is 46.3 Å². The summed E-state index contributed by atoms with van der Waals surface area (Å²) in [4.78, 5) is 26.0. The van der Waals surface area contributed by atoms with Crippen LogP contribution in [0.1, 0.15) is 92.9 Å². The Morgan fingerprint density at radius 3 is 2.60 bits per heavy atom. The highest BCUT2D eigenvalue weighted by Crippen LogP contribution is 2.74. The lowest BCUT2D eigenvalue weighted by molar-refractivity contribution is -0.194. The number of hydrogen-bond acceptors (Lipinski definition) is 5. The summed E-state index contributed by atoms with van der Waals surface area (Å²) in [7, 11) is 0. The van der Waals surface area contributed by atoms with Crippen molar-refractivity contribution in [2.45, 2.75) is 117 Å². The van der Waals surface area contributed by atoms with E-state index in [-0.39, 0.29) is 41.7 Å². The van der Waals surface area contributed by atoms with E-state index in [9.17, 15) is 14.7 Å². The standard InChI is InChI=1S/C30H46O5/c1-16(2)17(3)8-9-18(4)22-10-11-23-21-13-26-30(35-26)14-20(32)12-25(33)29(30,7)27(21)24(34-19(5)31)15-28(22,23)6/h16,18,20-24,26-27,32H,3,8-15H2,1-2,4-7H3/t18?,20-,21-,22+,23?,24?,26+,27?,28+,29+,30+/m0/s1. The van der Waals surface area contributed by atoms with E-state index in [4.69, 9.17) is 9.47 Å². The van der Waals surface area contributed by atoms with Gasteiger partial charge in [0.15, 0.2) is 0 Å². The molecular formula is C30H46O5. The van der Waals surface area contributed by atoms with Gasteiger partial charge in [0, 0.05) is 25.7 Å². The molecule has 0 amide bonds. The molecule has 1 spiro atoms. The number of rotatable bonds is 6. The summed E-state index contributed by atoms with van der Waals surface area (Å²) in [6, 6.07) is 0. The molecule has 11 atom stereocenters. The summed E-state index contributed by atoms with van der Waals surface area (Å²) >= 11 is 0. The predicted octanol–water partition coefficient (Wildman–Crippen LogP) is 5.49. The van der Waals surface area contributed by atoms with Crippen LogP contribution in [0.25, 0.3) is 0 Å². The van der Waals surface area contributed by atoms with Crippen LogP contribution in [0.3, 0.4) is 0 Å². The van der Waals surface area contributed by atoms with Crippen LogP contribution >= 0.6 is 0 Å². The molecule has 4 unspecified atom stereocenters. The summed E-state index contributed by atoms with van der Waals surface area (Å²) < 4.78 is 12.5. The summed E-state index contributed by atoms with van der Waals surface area (Å²) in [5, 5.41) is 10.5. The van der Waals surface area contributed by atoms with Gasteiger partial charge >= 0.3 is 5.97 Å². The van der Waals surface area contributed by atoms with Crippen LogP contribution in [0.2, 0.25) is 0 Å². The average Bonchev–Trinajstić information content (AvgIpc) is 3.34. The fourth-order valence-corrected chi connectivity index (χ4v) is 9.77. The second kappa shape index (κ2) is 8.41. The molecule has 4 aliphatic carbocycles. The number of allylic oxidation sites excluding steroid dienone is 1. The van der Waals surface area contributed by atoms with Crippen LogP contribution in [-0.2, 0) is 19.1 Å². The molecule has 5 fully saturated rings. The maximum atomic E-state index is 13.6. The molecule has 1 heterocycles. The van der Waals surface area contributed by atoms with Crippen LogP contribution in [0.15, 0.2) is 12.2 Å². The predicted molar refractivity (Wildman–Crippen MR) is 134 cm³/mol. The van der Waals surface area contributed by atoms with Gasteiger partial charge in [0.1, 0.15) is 17.5 Å². The van der Waals surface area contributed by atoms with Crippen molar-refractivity contribution in [1.29, 1.82) is 0 Å². The first-order valence-electron chi connectivity index (χ1n) is 14.1. The number of carbonyl (C=O) groups excluding carboxylic acids is 2. The molecule has 4 saturated carbocycles. The van der Waals surface area contributed by atoms with Crippen molar-refractivity contribution >= 4 is 11.8 Å². The Morgan fingerprint density at radius 1 is 1.23 bits per heavy atom.